The van der Waals surface area contributed by atoms with Crippen LogP contribution in [0.1, 0.15) is 12.5 Å². The van der Waals surface area contributed by atoms with Gasteiger partial charge >= 0.3 is 0 Å². The topological polar surface area (TPSA) is 53.7 Å². The zero-order valence-electron chi connectivity index (χ0n) is 8.08. The van der Waals surface area contributed by atoms with E-state index < -0.39 is 0 Å². The van der Waals surface area contributed by atoms with Gasteiger partial charge in [0.05, 0.1) is 6.61 Å². The van der Waals surface area contributed by atoms with Gasteiger partial charge in [-0.1, -0.05) is 6.07 Å². The molecule has 2 rings (SSSR count). The Bertz CT molecular complexity index is 338. The van der Waals surface area contributed by atoms with E-state index in [1.165, 1.54) is 0 Å². The van der Waals surface area contributed by atoms with E-state index in [4.69, 9.17) is 19.9 Å². The first-order valence-electron chi connectivity index (χ1n) is 4.61. The van der Waals surface area contributed by atoms with Crippen LogP contribution in [0.2, 0.25) is 0 Å². The van der Waals surface area contributed by atoms with Crippen molar-refractivity contribution in [1.82, 2.24) is 0 Å². The molecule has 1 aromatic carbocycles. The fraction of sp³-hybridized carbons (Fsp3) is 0.400. The summed E-state index contributed by atoms with van der Waals surface area (Å²) in [7, 11) is 0. The van der Waals surface area contributed by atoms with E-state index in [0.29, 0.717) is 24.7 Å². The third kappa shape index (κ3) is 1.37. The van der Waals surface area contributed by atoms with Gasteiger partial charge in [-0.2, -0.15) is 0 Å². The molecule has 0 spiro atoms. The fourth-order valence-corrected chi connectivity index (χ4v) is 1.45. The van der Waals surface area contributed by atoms with Crippen LogP contribution in [0, 0.1) is 0 Å². The Kier molecular flexibility index (Phi) is 2.45. The fourth-order valence-electron chi connectivity index (χ4n) is 1.45. The monoisotopic (exact) mass is 195 g/mol. The van der Waals surface area contributed by atoms with Crippen molar-refractivity contribution >= 4 is 0 Å². The Morgan fingerprint density at radius 1 is 1.43 bits per heavy atom. The van der Waals surface area contributed by atoms with Crippen LogP contribution >= 0.6 is 0 Å². The number of hydrogen-bond donors (Lipinski definition) is 1. The Morgan fingerprint density at radius 3 is 3.00 bits per heavy atom. The third-order valence-electron chi connectivity index (χ3n) is 2.08. The van der Waals surface area contributed by atoms with Gasteiger partial charge in [0, 0.05) is 12.1 Å². The highest BCUT2D eigenvalue weighted by Crippen LogP contribution is 2.42. The van der Waals surface area contributed by atoms with Crippen molar-refractivity contribution in [3.8, 4) is 17.2 Å². The van der Waals surface area contributed by atoms with Crippen molar-refractivity contribution in [2.75, 3.05) is 13.4 Å². The lowest BCUT2D eigenvalue weighted by Crippen LogP contribution is -2.03. The predicted octanol–water partition coefficient (Wildman–Crippen LogP) is 1.27. The molecule has 0 amide bonds. The molecule has 0 aromatic heterocycles. The van der Waals surface area contributed by atoms with E-state index >= 15 is 0 Å². The van der Waals surface area contributed by atoms with Crippen LogP contribution in [-0.4, -0.2) is 13.4 Å². The second-order valence-corrected chi connectivity index (χ2v) is 2.92. The van der Waals surface area contributed by atoms with Gasteiger partial charge in [-0.3, -0.25) is 0 Å². The Balaban J connectivity index is 2.45. The summed E-state index contributed by atoms with van der Waals surface area (Å²) in [4.78, 5) is 0. The molecular formula is C10H13NO3. The highest BCUT2D eigenvalue weighted by molar-refractivity contribution is 5.56. The van der Waals surface area contributed by atoms with E-state index in [2.05, 4.69) is 0 Å². The normalized spacial score (nSPS) is 13.0. The minimum absolute atomic E-state index is 0.253. The molecule has 0 aliphatic carbocycles. The van der Waals surface area contributed by atoms with Crippen LogP contribution < -0.4 is 19.9 Å². The summed E-state index contributed by atoms with van der Waals surface area (Å²) in [5.41, 5.74) is 6.54. The molecule has 76 valence electrons. The number of ether oxygens (including phenoxy) is 3. The highest BCUT2D eigenvalue weighted by Gasteiger charge is 2.21. The Morgan fingerprint density at radius 2 is 2.29 bits per heavy atom. The zero-order chi connectivity index (χ0) is 9.97. The molecule has 0 saturated heterocycles. The van der Waals surface area contributed by atoms with Gasteiger partial charge in [-0.05, 0) is 13.0 Å². The minimum atomic E-state index is 0.253. The molecule has 1 aliphatic rings. The lowest BCUT2D eigenvalue weighted by Gasteiger charge is -2.10. The second-order valence-electron chi connectivity index (χ2n) is 2.92. The average molecular weight is 195 g/mol. The van der Waals surface area contributed by atoms with E-state index in [-0.39, 0.29) is 6.79 Å². The van der Waals surface area contributed by atoms with E-state index in [1.807, 2.05) is 19.1 Å². The predicted molar refractivity (Wildman–Crippen MR) is 51.6 cm³/mol. The summed E-state index contributed by atoms with van der Waals surface area (Å²) in [6, 6.07) is 3.76. The highest BCUT2D eigenvalue weighted by atomic mass is 16.7. The second kappa shape index (κ2) is 3.75. The molecule has 0 fully saturated rings. The summed E-state index contributed by atoms with van der Waals surface area (Å²) < 4.78 is 16.0. The maximum atomic E-state index is 5.60. The maximum absolute atomic E-state index is 5.60. The molecule has 2 N–H and O–H groups in total. The first-order chi connectivity index (χ1) is 6.86. The molecule has 0 bridgehead atoms. The molecule has 1 aliphatic heterocycles. The van der Waals surface area contributed by atoms with Crippen LogP contribution in [0.4, 0.5) is 0 Å². The first-order valence-corrected chi connectivity index (χ1v) is 4.61. The molecule has 1 heterocycles. The Hall–Kier alpha value is -1.42. The smallest absolute Gasteiger partial charge is 0.231 e. The molecule has 14 heavy (non-hydrogen) atoms. The lowest BCUT2D eigenvalue weighted by atomic mass is 10.1. The minimum Gasteiger partial charge on any atom is -0.489 e. The van der Waals surface area contributed by atoms with Crippen molar-refractivity contribution in [2.24, 2.45) is 5.73 Å². The van der Waals surface area contributed by atoms with Crippen LogP contribution in [0.5, 0.6) is 17.2 Å². The van der Waals surface area contributed by atoms with Crippen molar-refractivity contribution in [1.29, 1.82) is 0 Å². The largest absolute Gasteiger partial charge is 0.489 e. The average Bonchev–Trinajstić information content (AvgIpc) is 2.67. The number of nitrogens with two attached hydrogens (primary N) is 1. The van der Waals surface area contributed by atoms with Gasteiger partial charge in [-0.15, -0.1) is 0 Å². The number of benzene rings is 1. The molecule has 1 aromatic rings. The Labute approximate surface area is 82.6 Å². The van der Waals surface area contributed by atoms with Crippen molar-refractivity contribution in [3.63, 3.8) is 0 Å². The summed E-state index contributed by atoms with van der Waals surface area (Å²) in [5.74, 6) is 2.12. The van der Waals surface area contributed by atoms with Gasteiger partial charge in [0.2, 0.25) is 12.5 Å². The van der Waals surface area contributed by atoms with Gasteiger partial charge in [0.15, 0.2) is 11.5 Å². The number of hydrogen-bond acceptors (Lipinski definition) is 4. The van der Waals surface area contributed by atoms with Crippen LogP contribution in [0.3, 0.4) is 0 Å². The van der Waals surface area contributed by atoms with Gasteiger partial charge in [-0.25, -0.2) is 0 Å². The number of rotatable bonds is 3. The quantitative estimate of drug-likeness (QED) is 0.789. The van der Waals surface area contributed by atoms with E-state index in [1.54, 1.807) is 0 Å². The third-order valence-corrected chi connectivity index (χ3v) is 2.08. The van der Waals surface area contributed by atoms with E-state index in [0.717, 1.165) is 11.3 Å². The number of fused-ring (bicyclic) bond motifs is 1. The zero-order valence-corrected chi connectivity index (χ0v) is 8.08. The van der Waals surface area contributed by atoms with Crippen molar-refractivity contribution in [2.45, 2.75) is 13.5 Å². The standard InChI is InChI=1S/C10H13NO3/c1-2-12-9-7(5-11)3-4-8-10(9)14-6-13-8/h3-4H,2,5-6,11H2,1H3. The van der Waals surface area contributed by atoms with Crippen molar-refractivity contribution in [3.05, 3.63) is 17.7 Å². The molecule has 4 heteroatoms. The van der Waals surface area contributed by atoms with Crippen LogP contribution in [0.15, 0.2) is 12.1 Å². The summed E-state index contributed by atoms with van der Waals surface area (Å²) in [6.45, 7) is 3.21. The van der Waals surface area contributed by atoms with Gasteiger partial charge < -0.3 is 19.9 Å². The first kappa shape index (κ1) is 9.15. The summed E-state index contributed by atoms with van der Waals surface area (Å²) in [5, 5.41) is 0. The van der Waals surface area contributed by atoms with Crippen molar-refractivity contribution < 1.29 is 14.2 Å². The van der Waals surface area contributed by atoms with Gasteiger partial charge in [0.25, 0.3) is 0 Å². The maximum Gasteiger partial charge on any atom is 0.231 e. The summed E-state index contributed by atoms with van der Waals surface area (Å²) in [6.07, 6.45) is 0. The van der Waals surface area contributed by atoms with Gasteiger partial charge in [0.1, 0.15) is 0 Å². The SMILES string of the molecule is CCOc1c(CN)ccc2c1OCO2. The molecular weight excluding hydrogens is 182 g/mol. The lowest BCUT2D eigenvalue weighted by molar-refractivity contribution is 0.170. The molecule has 0 unspecified atom stereocenters. The van der Waals surface area contributed by atoms with Crippen LogP contribution in [0.25, 0.3) is 0 Å². The molecule has 4 nitrogen and oxygen atoms in total. The summed E-state index contributed by atoms with van der Waals surface area (Å²) >= 11 is 0. The molecule has 0 radical (unpaired) electrons. The van der Waals surface area contributed by atoms with Crippen LogP contribution in [-0.2, 0) is 6.54 Å². The molecule has 0 saturated carbocycles. The molecule has 0 atom stereocenters. The van der Waals surface area contributed by atoms with E-state index in [9.17, 15) is 0 Å².